The molecular formula is C16H14ClFN2O. The van der Waals surface area contributed by atoms with Gasteiger partial charge in [0.1, 0.15) is 11.9 Å². The normalized spacial score (nSPS) is 21.3. The van der Waals surface area contributed by atoms with Crippen molar-refractivity contribution in [3.05, 3.63) is 70.5 Å². The maximum Gasteiger partial charge on any atom is 0.242 e. The van der Waals surface area contributed by atoms with E-state index in [0.717, 1.165) is 11.1 Å². The Bertz CT molecular complexity index is 674. The number of β-lactam (4-membered cyclic amide) rings is 1. The minimum absolute atomic E-state index is 0.107. The average molecular weight is 305 g/mol. The van der Waals surface area contributed by atoms with Crippen LogP contribution in [-0.4, -0.2) is 16.8 Å². The third-order valence-electron chi connectivity index (χ3n) is 3.70. The van der Waals surface area contributed by atoms with Gasteiger partial charge in [0.15, 0.2) is 0 Å². The summed E-state index contributed by atoms with van der Waals surface area (Å²) in [6, 6.07) is 12.7. The van der Waals surface area contributed by atoms with Crippen molar-refractivity contribution in [3.8, 4) is 0 Å². The van der Waals surface area contributed by atoms with Crippen LogP contribution < -0.4 is 5.73 Å². The second-order valence-corrected chi connectivity index (χ2v) is 5.55. The molecule has 0 saturated carbocycles. The van der Waals surface area contributed by atoms with Gasteiger partial charge in [-0.2, -0.15) is 0 Å². The van der Waals surface area contributed by atoms with Gasteiger partial charge >= 0.3 is 0 Å². The molecule has 21 heavy (non-hydrogen) atoms. The fraction of sp³-hybridized carbons (Fsp3) is 0.188. The highest BCUT2D eigenvalue weighted by atomic mass is 35.5. The Morgan fingerprint density at radius 3 is 2.57 bits per heavy atom. The van der Waals surface area contributed by atoms with Crippen LogP contribution in [0.2, 0.25) is 5.02 Å². The Morgan fingerprint density at radius 1 is 1.19 bits per heavy atom. The number of benzene rings is 2. The molecule has 0 aliphatic carbocycles. The molecule has 1 heterocycles. The van der Waals surface area contributed by atoms with Gasteiger partial charge in [-0.1, -0.05) is 35.9 Å². The molecule has 0 spiro atoms. The van der Waals surface area contributed by atoms with Gasteiger partial charge in [-0.3, -0.25) is 4.79 Å². The molecule has 2 unspecified atom stereocenters. The molecule has 2 N–H and O–H groups in total. The summed E-state index contributed by atoms with van der Waals surface area (Å²) in [5.74, 6) is -0.402. The van der Waals surface area contributed by atoms with E-state index < -0.39 is 6.04 Å². The van der Waals surface area contributed by atoms with Crippen LogP contribution in [0.4, 0.5) is 4.39 Å². The predicted molar refractivity (Wildman–Crippen MR) is 79.1 cm³/mol. The standard InChI is InChI=1S/C16H14ClFN2O/c17-12-3-1-2-11(8-12)15-14(19)16(21)20(15)9-10-4-6-13(18)7-5-10/h1-8,14-15H,9,19H2. The molecule has 2 atom stereocenters. The molecule has 108 valence electrons. The summed E-state index contributed by atoms with van der Waals surface area (Å²) >= 11 is 5.99. The smallest absolute Gasteiger partial charge is 0.242 e. The first kappa shape index (κ1) is 14.0. The van der Waals surface area contributed by atoms with E-state index in [2.05, 4.69) is 0 Å². The highest BCUT2D eigenvalue weighted by molar-refractivity contribution is 6.30. The van der Waals surface area contributed by atoms with E-state index in [-0.39, 0.29) is 17.8 Å². The first-order valence-electron chi connectivity index (χ1n) is 6.62. The van der Waals surface area contributed by atoms with Crippen molar-refractivity contribution in [1.29, 1.82) is 0 Å². The number of hydrogen-bond donors (Lipinski definition) is 1. The highest BCUT2D eigenvalue weighted by Crippen LogP contribution is 2.35. The molecule has 1 saturated heterocycles. The number of hydrogen-bond acceptors (Lipinski definition) is 2. The van der Waals surface area contributed by atoms with Gasteiger partial charge < -0.3 is 10.6 Å². The number of rotatable bonds is 3. The molecule has 1 aliphatic heterocycles. The summed E-state index contributed by atoms with van der Waals surface area (Å²) in [4.78, 5) is 13.7. The van der Waals surface area contributed by atoms with Crippen LogP contribution in [0.15, 0.2) is 48.5 Å². The van der Waals surface area contributed by atoms with E-state index in [1.807, 2.05) is 18.2 Å². The van der Waals surface area contributed by atoms with Crippen LogP contribution in [0.25, 0.3) is 0 Å². The fourth-order valence-electron chi connectivity index (χ4n) is 2.62. The largest absolute Gasteiger partial charge is 0.328 e. The van der Waals surface area contributed by atoms with E-state index in [0.29, 0.717) is 11.6 Å². The number of amides is 1. The lowest BCUT2D eigenvalue weighted by molar-refractivity contribution is -0.150. The van der Waals surface area contributed by atoms with Gasteiger partial charge in [0.05, 0.1) is 6.04 Å². The second-order valence-electron chi connectivity index (χ2n) is 5.12. The fourth-order valence-corrected chi connectivity index (χ4v) is 2.81. The minimum Gasteiger partial charge on any atom is -0.328 e. The van der Waals surface area contributed by atoms with Crippen LogP contribution in [0, 0.1) is 5.82 Å². The van der Waals surface area contributed by atoms with Crippen LogP contribution in [0.5, 0.6) is 0 Å². The van der Waals surface area contributed by atoms with Crippen molar-refractivity contribution >= 4 is 17.5 Å². The van der Waals surface area contributed by atoms with E-state index in [9.17, 15) is 9.18 Å². The zero-order chi connectivity index (χ0) is 15.0. The van der Waals surface area contributed by atoms with Crippen LogP contribution in [0.1, 0.15) is 17.2 Å². The van der Waals surface area contributed by atoms with Crippen molar-refractivity contribution in [2.45, 2.75) is 18.6 Å². The molecule has 5 heteroatoms. The molecule has 0 bridgehead atoms. The molecule has 2 aromatic carbocycles. The Morgan fingerprint density at radius 2 is 1.90 bits per heavy atom. The number of likely N-dealkylation sites (tertiary alicyclic amines) is 1. The van der Waals surface area contributed by atoms with Crippen LogP contribution >= 0.6 is 11.6 Å². The number of nitrogens with two attached hydrogens (primary N) is 1. The first-order valence-corrected chi connectivity index (χ1v) is 7.00. The predicted octanol–water partition coefficient (Wildman–Crippen LogP) is 2.89. The quantitative estimate of drug-likeness (QED) is 0.886. The molecule has 1 amide bonds. The van der Waals surface area contributed by atoms with E-state index >= 15 is 0 Å². The Hall–Kier alpha value is -1.91. The average Bonchev–Trinajstić information content (AvgIpc) is 2.48. The molecule has 3 nitrogen and oxygen atoms in total. The Balaban J connectivity index is 1.83. The lowest BCUT2D eigenvalue weighted by Gasteiger charge is -2.45. The number of carbonyl (C=O) groups excluding carboxylic acids is 1. The summed E-state index contributed by atoms with van der Waals surface area (Å²) in [5, 5.41) is 0.612. The van der Waals surface area contributed by atoms with Gasteiger partial charge in [-0.05, 0) is 35.4 Å². The molecule has 0 aromatic heterocycles. The van der Waals surface area contributed by atoms with Crippen molar-refractivity contribution < 1.29 is 9.18 Å². The third kappa shape index (κ3) is 2.64. The summed E-state index contributed by atoms with van der Waals surface area (Å²) in [7, 11) is 0. The summed E-state index contributed by atoms with van der Waals surface area (Å²) in [6.45, 7) is 0.407. The lowest BCUT2D eigenvalue weighted by Crippen LogP contribution is -2.62. The van der Waals surface area contributed by atoms with Crippen molar-refractivity contribution in [2.24, 2.45) is 5.73 Å². The van der Waals surface area contributed by atoms with Gasteiger partial charge in [-0.25, -0.2) is 4.39 Å². The van der Waals surface area contributed by atoms with Crippen LogP contribution in [-0.2, 0) is 11.3 Å². The van der Waals surface area contributed by atoms with E-state index in [1.165, 1.54) is 12.1 Å². The number of nitrogens with zero attached hydrogens (tertiary/aromatic N) is 1. The Kier molecular flexibility index (Phi) is 3.66. The lowest BCUT2D eigenvalue weighted by atomic mass is 9.88. The van der Waals surface area contributed by atoms with Gasteiger partial charge in [0.2, 0.25) is 5.91 Å². The molecule has 1 fully saturated rings. The monoisotopic (exact) mass is 304 g/mol. The Labute approximate surface area is 127 Å². The van der Waals surface area contributed by atoms with Crippen molar-refractivity contribution in [1.82, 2.24) is 4.90 Å². The first-order chi connectivity index (χ1) is 10.1. The summed E-state index contributed by atoms with van der Waals surface area (Å²) in [5.41, 5.74) is 7.70. The summed E-state index contributed by atoms with van der Waals surface area (Å²) in [6.07, 6.45) is 0. The second kappa shape index (κ2) is 5.47. The summed E-state index contributed by atoms with van der Waals surface area (Å²) < 4.78 is 12.9. The molecule has 0 radical (unpaired) electrons. The third-order valence-corrected chi connectivity index (χ3v) is 3.94. The van der Waals surface area contributed by atoms with E-state index in [1.54, 1.807) is 23.1 Å². The maximum atomic E-state index is 12.9. The number of carbonyl (C=O) groups is 1. The maximum absolute atomic E-state index is 12.9. The van der Waals surface area contributed by atoms with Gasteiger partial charge in [0, 0.05) is 11.6 Å². The van der Waals surface area contributed by atoms with Crippen LogP contribution in [0.3, 0.4) is 0 Å². The SMILES string of the molecule is NC1C(=O)N(Cc2ccc(F)cc2)C1c1cccc(Cl)c1. The minimum atomic E-state index is -0.552. The zero-order valence-electron chi connectivity index (χ0n) is 11.2. The zero-order valence-corrected chi connectivity index (χ0v) is 11.9. The number of halogens is 2. The van der Waals surface area contributed by atoms with E-state index in [4.69, 9.17) is 17.3 Å². The van der Waals surface area contributed by atoms with Crippen molar-refractivity contribution in [2.75, 3.05) is 0 Å². The topological polar surface area (TPSA) is 46.3 Å². The highest BCUT2D eigenvalue weighted by Gasteiger charge is 2.45. The molecular weight excluding hydrogens is 291 g/mol. The van der Waals surface area contributed by atoms with Gasteiger partial charge in [-0.15, -0.1) is 0 Å². The molecule has 3 rings (SSSR count). The molecule has 1 aliphatic rings. The molecule has 2 aromatic rings. The van der Waals surface area contributed by atoms with Gasteiger partial charge in [0.25, 0.3) is 0 Å². The van der Waals surface area contributed by atoms with Crippen molar-refractivity contribution in [3.63, 3.8) is 0 Å².